The number of nitrogens with one attached hydrogen (secondary N) is 1. The number of guanidine groups is 1. The van der Waals surface area contributed by atoms with Gasteiger partial charge >= 0.3 is 0 Å². The molecule has 0 radical (unpaired) electrons. The Kier molecular flexibility index (Phi) is 8.47. The van der Waals surface area contributed by atoms with Gasteiger partial charge in [-0.3, -0.25) is 9.79 Å². The first-order chi connectivity index (χ1) is 12.2. The number of ether oxygens (including phenoxy) is 1. The fourth-order valence-corrected chi connectivity index (χ4v) is 3.51. The molecule has 144 valence electrons. The fraction of sp³-hybridized carbons (Fsp3) is 0.579. The summed E-state index contributed by atoms with van der Waals surface area (Å²) in [4.78, 5) is 18.3. The number of carbonyl (C=O) groups excluding carboxylic acids is 1. The van der Waals surface area contributed by atoms with Crippen LogP contribution in [0.25, 0.3) is 0 Å². The topological polar surface area (TPSA) is 80.0 Å². The summed E-state index contributed by atoms with van der Waals surface area (Å²) in [6.07, 6.45) is 8.30. The molecular formula is C19H29IN4O2. The molecule has 3 N–H and O–H groups in total. The molecule has 7 heteroatoms. The van der Waals surface area contributed by atoms with Crippen LogP contribution in [0.5, 0.6) is 5.75 Å². The van der Waals surface area contributed by atoms with Crippen LogP contribution in [0.2, 0.25) is 0 Å². The minimum atomic E-state index is -0.00719. The van der Waals surface area contributed by atoms with Crippen molar-refractivity contribution in [2.75, 3.05) is 24.6 Å². The number of halogens is 1. The van der Waals surface area contributed by atoms with E-state index in [0.29, 0.717) is 25.1 Å². The van der Waals surface area contributed by atoms with Gasteiger partial charge in [0.1, 0.15) is 5.75 Å². The molecule has 0 unspecified atom stereocenters. The molecule has 1 amide bonds. The number of aliphatic imine (C=N–C) groups is 1. The van der Waals surface area contributed by atoms with Gasteiger partial charge in [-0.1, -0.05) is 37.8 Å². The highest BCUT2D eigenvalue weighted by Gasteiger charge is 2.24. The number of nitrogens with two attached hydrogens (primary N) is 1. The summed E-state index contributed by atoms with van der Waals surface area (Å²) < 4.78 is 5.46. The van der Waals surface area contributed by atoms with E-state index >= 15 is 0 Å². The SMILES string of the molecule is I.NC(=NCCCN1C(=O)COc2ccccc21)NC1CCCCCC1. The number of rotatable bonds is 5. The predicted octanol–water partition coefficient (Wildman–Crippen LogP) is 3.05. The van der Waals surface area contributed by atoms with Gasteiger partial charge in [-0.05, 0) is 31.4 Å². The third-order valence-corrected chi connectivity index (χ3v) is 4.84. The van der Waals surface area contributed by atoms with Gasteiger partial charge in [0.25, 0.3) is 5.91 Å². The Morgan fingerprint density at radius 2 is 1.96 bits per heavy atom. The second kappa shape index (κ2) is 10.6. The van der Waals surface area contributed by atoms with Crippen LogP contribution in [-0.2, 0) is 4.79 Å². The van der Waals surface area contributed by atoms with Crippen molar-refractivity contribution >= 4 is 41.5 Å². The van der Waals surface area contributed by atoms with E-state index in [1.165, 1.54) is 38.5 Å². The van der Waals surface area contributed by atoms with Crippen LogP contribution in [0.3, 0.4) is 0 Å². The van der Waals surface area contributed by atoms with Gasteiger partial charge in [0.15, 0.2) is 12.6 Å². The van der Waals surface area contributed by atoms with Crippen molar-refractivity contribution < 1.29 is 9.53 Å². The number of anilines is 1. The molecule has 6 nitrogen and oxygen atoms in total. The molecule has 0 aromatic heterocycles. The summed E-state index contributed by atoms with van der Waals surface area (Å²) in [5.74, 6) is 1.29. The highest BCUT2D eigenvalue weighted by atomic mass is 127. The Bertz CT molecular complexity index is 615. The Labute approximate surface area is 172 Å². The molecule has 2 aliphatic rings. The van der Waals surface area contributed by atoms with E-state index in [2.05, 4.69) is 10.3 Å². The number of fused-ring (bicyclic) bond motifs is 1. The second-order valence-electron chi connectivity index (χ2n) is 6.76. The zero-order chi connectivity index (χ0) is 17.5. The largest absolute Gasteiger partial charge is 0.482 e. The molecule has 1 saturated carbocycles. The maximum atomic E-state index is 12.1. The highest BCUT2D eigenvalue weighted by Crippen LogP contribution is 2.31. The molecule has 26 heavy (non-hydrogen) atoms. The van der Waals surface area contributed by atoms with Crippen molar-refractivity contribution in [1.29, 1.82) is 0 Å². The number of amides is 1. The average molecular weight is 472 g/mol. The lowest BCUT2D eigenvalue weighted by Gasteiger charge is -2.29. The summed E-state index contributed by atoms with van der Waals surface area (Å²) >= 11 is 0. The Hall–Kier alpha value is -1.51. The Morgan fingerprint density at radius 3 is 2.73 bits per heavy atom. The van der Waals surface area contributed by atoms with Crippen molar-refractivity contribution in [3.8, 4) is 5.75 Å². The summed E-state index contributed by atoms with van der Waals surface area (Å²) in [5.41, 5.74) is 6.86. The molecule has 1 fully saturated rings. The molecule has 1 aliphatic carbocycles. The van der Waals surface area contributed by atoms with Crippen molar-refractivity contribution in [3.63, 3.8) is 0 Å². The number of carbonyl (C=O) groups is 1. The van der Waals surface area contributed by atoms with Crippen molar-refractivity contribution in [3.05, 3.63) is 24.3 Å². The maximum Gasteiger partial charge on any atom is 0.265 e. The first-order valence-electron chi connectivity index (χ1n) is 9.32. The minimum Gasteiger partial charge on any atom is -0.482 e. The van der Waals surface area contributed by atoms with Gasteiger partial charge in [0.05, 0.1) is 5.69 Å². The van der Waals surface area contributed by atoms with E-state index in [1.807, 2.05) is 24.3 Å². The van der Waals surface area contributed by atoms with E-state index in [4.69, 9.17) is 10.5 Å². The van der Waals surface area contributed by atoms with Gasteiger partial charge in [0, 0.05) is 19.1 Å². The molecule has 3 rings (SSSR count). The van der Waals surface area contributed by atoms with Crippen LogP contribution in [0, 0.1) is 0 Å². The Balaban J connectivity index is 0.00000243. The summed E-state index contributed by atoms with van der Waals surface area (Å²) in [5, 5.41) is 3.35. The standard InChI is InChI=1S/C19H28N4O2.HI/c20-19(22-15-8-3-1-2-4-9-15)21-12-7-13-23-16-10-5-6-11-17(16)25-14-18(23)24;/h5-6,10-11,15H,1-4,7-9,12-14H2,(H3,20,21,22);1H. The monoisotopic (exact) mass is 472 g/mol. The van der Waals surface area contributed by atoms with Crippen LogP contribution in [0.4, 0.5) is 5.69 Å². The van der Waals surface area contributed by atoms with E-state index in [1.54, 1.807) is 4.90 Å². The van der Waals surface area contributed by atoms with Crippen LogP contribution in [-0.4, -0.2) is 37.6 Å². The molecule has 0 spiro atoms. The lowest BCUT2D eigenvalue weighted by molar-refractivity contribution is -0.121. The van der Waals surface area contributed by atoms with E-state index in [9.17, 15) is 4.79 Å². The minimum absolute atomic E-state index is 0. The van der Waals surface area contributed by atoms with Crippen molar-refractivity contribution in [2.45, 2.75) is 51.0 Å². The normalized spacial score (nSPS) is 18.4. The van der Waals surface area contributed by atoms with Crippen LogP contribution >= 0.6 is 24.0 Å². The summed E-state index contributed by atoms with van der Waals surface area (Å²) in [6, 6.07) is 8.09. The van der Waals surface area contributed by atoms with E-state index in [0.717, 1.165) is 17.9 Å². The molecule has 0 atom stereocenters. The molecule has 1 aromatic rings. The smallest absolute Gasteiger partial charge is 0.265 e. The summed E-state index contributed by atoms with van der Waals surface area (Å²) in [6.45, 7) is 1.34. The van der Waals surface area contributed by atoms with E-state index in [-0.39, 0.29) is 36.5 Å². The quantitative estimate of drug-likeness (QED) is 0.227. The Morgan fingerprint density at radius 1 is 1.23 bits per heavy atom. The van der Waals surface area contributed by atoms with Crippen molar-refractivity contribution in [2.24, 2.45) is 10.7 Å². The molecule has 1 aromatic carbocycles. The second-order valence-corrected chi connectivity index (χ2v) is 6.76. The number of hydrogen-bond acceptors (Lipinski definition) is 3. The fourth-order valence-electron chi connectivity index (χ4n) is 3.51. The summed E-state index contributed by atoms with van der Waals surface area (Å²) in [7, 11) is 0. The average Bonchev–Trinajstić information content (AvgIpc) is 2.89. The molecule has 0 saturated heterocycles. The first kappa shape index (κ1) is 20.8. The lowest BCUT2D eigenvalue weighted by atomic mass is 10.1. The van der Waals surface area contributed by atoms with Gasteiger partial charge in [0.2, 0.25) is 0 Å². The molecule has 1 heterocycles. The lowest BCUT2D eigenvalue weighted by Crippen LogP contribution is -2.40. The number of hydrogen-bond donors (Lipinski definition) is 2. The van der Waals surface area contributed by atoms with Crippen LogP contribution in [0.1, 0.15) is 44.9 Å². The van der Waals surface area contributed by atoms with Gasteiger partial charge in [-0.15, -0.1) is 24.0 Å². The van der Waals surface area contributed by atoms with Gasteiger partial charge in [-0.2, -0.15) is 0 Å². The zero-order valence-corrected chi connectivity index (χ0v) is 17.5. The van der Waals surface area contributed by atoms with Crippen molar-refractivity contribution in [1.82, 2.24) is 5.32 Å². The number of nitrogens with zero attached hydrogens (tertiary/aromatic N) is 2. The van der Waals surface area contributed by atoms with Crippen LogP contribution < -0.4 is 20.7 Å². The third kappa shape index (κ3) is 5.75. The molecule has 0 bridgehead atoms. The highest BCUT2D eigenvalue weighted by molar-refractivity contribution is 14.0. The van der Waals surface area contributed by atoms with E-state index < -0.39 is 0 Å². The zero-order valence-electron chi connectivity index (χ0n) is 15.2. The van der Waals surface area contributed by atoms with Gasteiger partial charge < -0.3 is 20.7 Å². The van der Waals surface area contributed by atoms with Gasteiger partial charge in [-0.25, -0.2) is 0 Å². The maximum absolute atomic E-state index is 12.1. The first-order valence-corrected chi connectivity index (χ1v) is 9.32. The van der Waals surface area contributed by atoms with Crippen LogP contribution in [0.15, 0.2) is 29.3 Å². The molecule has 1 aliphatic heterocycles. The molecular weight excluding hydrogens is 443 g/mol. The number of para-hydroxylation sites is 2. The third-order valence-electron chi connectivity index (χ3n) is 4.84. The number of benzene rings is 1. The predicted molar refractivity (Wildman–Crippen MR) is 115 cm³/mol.